The van der Waals surface area contributed by atoms with Gasteiger partial charge in [0.15, 0.2) is 0 Å². The van der Waals surface area contributed by atoms with Crippen LogP contribution in [0.3, 0.4) is 0 Å². The number of hydrogen-bond acceptors (Lipinski definition) is 3. The minimum atomic E-state index is -0.416. The van der Waals surface area contributed by atoms with Crippen LogP contribution in [0.1, 0.15) is 79.6 Å². The van der Waals surface area contributed by atoms with Gasteiger partial charge in [0.2, 0.25) is 0 Å². The number of nitrogens with one attached hydrogen (secondary N) is 1. The molecular weight excluding hydrogens is 300 g/mol. The highest BCUT2D eigenvalue weighted by molar-refractivity contribution is 5.68. The summed E-state index contributed by atoms with van der Waals surface area (Å²) < 4.78 is 5.56. The topological polar surface area (TPSA) is 41.6 Å². The van der Waals surface area contributed by atoms with Gasteiger partial charge in [0.25, 0.3) is 0 Å². The molecule has 24 heavy (non-hydrogen) atoms. The molecule has 0 aromatic carbocycles. The van der Waals surface area contributed by atoms with E-state index in [0.717, 1.165) is 32.0 Å². The van der Waals surface area contributed by atoms with Crippen LogP contribution in [0.15, 0.2) is 0 Å². The summed E-state index contributed by atoms with van der Waals surface area (Å²) in [6.07, 6.45) is 8.79. The predicted octanol–water partition coefficient (Wildman–Crippen LogP) is 4.58. The van der Waals surface area contributed by atoms with Gasteiger partial charge in [0, 0.05) is 25.7 Å². The molecule has 1 heterocycles. The van der Waals surface area contributed by atoms with E-state index in [-0.39, 0.29) is 11.5 Å². The predicted molar refractivity (Wildman–Crippen MR) is 99.2 cm³/mol. The van der Waals surface area contributed by atoms with Gasteiger partial charge in [-0.25, -0.2) is 4.79 Å². The van der Waals surface area contributed by atoms with Crippen LogP contribution in [0.4, 0.5) is 4.79 Å². The van der Waals surface area contributed by atoms with E-state index in [1.165, 1.54) is 38.5 Å². The van der Waals surface area contributed by atoms with Crippen molar-refractivity contribution in [1.29, 1.82) is 0 Å². The van der Waals surface area contributed by atoms with Gasteiger partial charge in [-0.3, -0.25) is 0 Å². The van der Waals surface area contributed by atoms with Crippen LogP contribution in [0.2, 0.25) is 0 Å². The van der Waals surface area contributed by atoms with E-state index in [4.69, 9.17) is 4.74 Å². The molecule has 0 aromatic heterocycles. The second-order valence-electron chi connectivity index (χ2n) is 9.32. The molecule has 0 spiro atoms. The molecule has 1 saturated heterocycles. The molecule has 1 saturated carbocycles. The molecule has 1 atom stereocenters. The standard InChI is InChI=1S/C20H38N2O2/c1-6-16-8-10-17(11-9-16)21-14-20(5)12-7-13-22(15-20)18(23)24-19(2,3)4/h16-17,21H,6-15H2,1-5H3. The highest BCUT2D eigenvalue weighted by atomic mass is 16.6. The Balaban J connectivity index is 1.80. The lowest BCUT2D eigenvalue weighted by Gasteiger charge is -2.42. The van der Waals surface area contributed by atoms with Crippen LogP contribution < -0.4 is 5.32 Å². The molecule has 4 nitrogen and oxygen atoms in total. The molecule has 0 bridgehead atoms. The zero-order valence-electron chi connectivity index (χ0n) is 16.5. The van der Waals surface area contributed by atoms with Crippen molar-refractivity contribution in [2.45, 2.75) is 91.2 Å². The zero-order chi connectivity index (χ0) is 17.8. The van der Waals surface area contributed by atoms with Gasteiger partial charge in [-0.2, -0.15) is 0 Å². The van der Waals surface area contributed by atoms with Crippen molar-refractivity contribution in [3.05, 3.63) is 0 Å². The first-order valence-corrected chi connectivity index (χ1v) is 9.92. The quantitative estimate of drug-likeness (QED) is 0.815. The molecule has 0 radical (unpaired) electrons. The fraction of sp³-hybridized carbons (Fsp3) is 0.950. The maximum atomic E-state index is 12.4. The summed E-state index contributed by atoms with van der Waals surface area (Å²) in [5.41, 5.74) is -0.252. The second kappa shape index (κ2) is 8.07. The third-order valence-electron chi connectivity index (χ3n) is 5.67. The van der Waals surface area contributed by atoms with Crippen LogP contribution in [0.25, 0.3) is 0 Å². The third kappa shape index (κ3) is 5.94. The molecule has 2 aliphatic rings. The monoisotopic (exact) mass is 338 g/mol. The van der Waals surface area contributed by atoms with E-state index >= 15 is 0 Å². The van der Waals surface area contributed by atoms with Gasteiger partial charge in [-0.1, -0.05) is 20.3 Å². The van der Waals surface area contributed by atoms with Crippen molar-refractivity contribution < 1.29 is 9.53 Å². The van der Waals surface area contributed by atoms with E-state index < -0.39 is 5.60 Å². The molecule has 0 aromatic rings. The average molecular weight is 339 g/mol. The van der Waals surface area contributed by atoms with E-state index in [1.54, 1.807) is 0 Å². The molecule has 140 valence electrons. The van der Waals surface area contributed by atoms with Gasteiger partial charge in [0.1, 0.15) is 5.60 Å². The van der Waals surface area contributed by atoms with Crippen LogP contribution in [0, 0.1) is 11.3 Å². The van der Waals surface area contributed by atoms with Crippen molar-refractivity contribution in [2.75, 3.05) is 19.6 Å². The molecule has 1 unspecified atom stereocenters. The fourth-order valence-corrected chi connectivity index (χ4v) is 4.11. The van der Waals surface area contributed by atoms with Crippen LogP contribution in [0.5, 0.6) is 0 Å². The molecule has 1 aliphatic heterocycles. The van der Waals surface area contributed by atoms with Crippen molar-refractivity contribution in [3.8, 4) is 0 Å². The second-order valence-corrected chi connectivity index (χ2v) is 9.32. The van der Waals surface area contributed by atoms with E-state index in [2.05, 4.69) is 19.2 Å². The summed E-state index contributed by atoms with van der Waals surface area (Å²) in [4.78, 5) is 14.3. The summed E-state index contributed by atoms with van der Waals surface area (Å²) in [5.74, 6) is 0.941. The van der Waals surface area contributed by atoms with Crippen molar-refractivity contribution >= 4 is 6.09 Å². The maximum absolute atomic E-state index is 12.4. The van der Waals surface area contributed by atoms with E-state index in [0.29, 0.717) is 6.04 Å². The largest absolute Gasteiger partial charge is 0.444 e. The van der Waals surface area contributed by atoms with Crippen LogP contribution >= 0.6 is 0 Å². The average Bonchev–Trinajstić information content (AvgIpc) is 2.52. The number of nitrogens with zero attached hydrogens (tertiary/aromatic N) is 1. The first kappa shape index (κ1) is 19.6. The lowest BCUT2D eigenvalue weighted by molar-refractivity contribution is 0.00625. The Hall–Kier alpha value is -0.770. The molecule has 1 N–H and O–H groups in total. The van der Waals surface area contributed by atoms with Crippen molar-refractivity contribution in [3.63, 3.8) is 0 Å². The number of rotatable bonds is 4. The summed E-state index contributed by atoms with van der Waals surface area (Å²) in [5, 5.41) is 3.81. The summed E-state index contributed by atoms with van der Waals surface area (Å²) >= 11 is 0. The molecule has 2 rings (SSSR count). The Morgan fingerprint density at radius 2 is 1.92 bits per heavy atom. The third-order valence-corrected chi connectivity index (χ3v) is 5.67. The number of amides is 1. The summed E-state index contributed by atoms with van der Waals surface area (Å²) in [6, 6.07) is 0.668. The number of piperidine rings is 1. The molecule has 2 fully saturated rings. The Morgan fingerprint density at radius 3 is 2.50 bits per heavy atom. The summed E-state index contributed by atoms with van der Waals surface area (Å²) in [7, 11) is 0. The fourth-order valence-electron chi connectivity index (χ4n) is 4.11. The van der Waals surface area contributed by atoms with Gasteiger partial charge in [-0.15, -0.1) is 0 Å². The lowest BCUT2D eigenvalue weighted by Crippen LogP contribution is -2.51. The minimum absolute atomic E-state index is 0.156. The molecule has 1 amide bonds. The number of ether oxygens (including phenoxy) is 1. The normalized spacial score (nSPS) is 31.8. The Morgan fingerprint density at radius 1 is 1.25 bits per heavy atom. The van der Waals surface area contributed by atoms with Crippen LogP contribution in [-0.2, 0) is 4.74 Å². The number of carbonyl (C=O) groups is 1. The minimum Gasteiger partial charge on any atom is -0.444 e. The Labute approximate surface area is 148 Å². The highest BCUT2D eigenvalue weighted by Crippen LogP contribution is 2.31. The Bertz CT molecular complexity index is 410. The van der Waals surface area contributed by atoms with Gasteiger partial charge in [0.05, 0.1) is 0 Å². The SMILES string of the molecule is CCC1CCC(NCC2(C)CCCN(C(=O)OC(C)(C)C)C2)CC1. The zero-order valence-corrected chi connectivity index (χ0v) is 16.5. The van der Waals surface area contributed by atoms with Crippen LogP contribution in [-0.4, -0.2) is 42.3 Å². The maximum Gasteiger partial charge on any atom is 0.410 e. The first-order valence-electron chi connectivity index (χ1n) is 9.92. The number of likely N-dealkylation sites (tertiary alicyclic amines) is 1. The number of carbonyl (C=O) groups excluding carboxylic acids is 1. The Kier molecular flexibility index (Phi) is 6.58. The van der Waals surface area contributed by atoms with Crippen molar-refractivity contribution in [1.82, 2.24) is 10.2 Å². The first-order chi connectivity index (χ1) is 11.2. The van der Waals surface area contributed by atoms with Gasteiger partial charge >= 0.3 is 6.09 Å². The van der Waals surface area contributed by atoms with Gasteiger partial charge < -0.3 is 15.0 Å². The molecular formula is C20H38N2O2. The highest BCUT2D eigenvalue weighted by Gasteiger charge is 2.35. The van der Waals surface area contributed by atoms with E-state index in [1.807, 2.05) is 25.7 Å². The number of hydrogen-bond donors (Lipinski definition) is 1. The van der Waals surface area contributed by atoms with E-state index in [9.17, 15) is 4.79 Å². The molecule has 4 heteroatoms. The molecule has 1 aliphatic carbocycles. The summed E-state index contributed by atoms with van der Waals surface area (Å²) in [6.45, 7) is 13.1. The van der Waals surface area contributed by atoms with Crippen molar-refractivity contribution in [2.24, 2.45) is 11.3 Å². The lowest BCUT2D eigenvalue weighted by atomic mass is 9.80. The smallest absolute Gasteiger partial charge is 0.410 e. The van der Waals surface area contributed by atoms with Gasteiger partial charge in [-0.05, 0) is 70.6 Å².